The van der Waals surface area contributed by atoms with E-state index in [-0.39, 0.29) is 17.4 Å². The van der Waals surface area contributed by atoms with Gasteiger partial charge in [0.2, 0.25) is 5.91 Å². The topological polar surface area (TPSA) is 20.3 Å². The van der Waals surface area contributed by atoms with Crippen LogP contribution in [0.4, 0.5) is 5.69 Å². The van der Waals surface area contributed by atoms with Crippen LogP contribution in [0.3, 0.4) is 0 Å². The van der Waals surface area contributed by atoms with Crippen LogP contribution < -0.4 is 4.90 Å². The molecule has 0 spiro atoms. The fourth-order valence-electron chi connectivity index (χ4n) is 3.34. The fraction of sp³-hybridized carbons (Fsp3) is 0.250. The summed E-state index contributed by atoms with van der Waals surface area (Å²) in [5.74, 6) is 0.158. The van der Waals surface area contributed by atoms with Crippen molar-refractivity contribution in [2.24, 2.45) is 5.41 Å². The molecule has 2 aromatic carbocycles. The zero-order valence-corrected chi connectivity index (χ0v) is 13.1. The van der Waals surface area contributed by atoms with Crippen LogP contribution in [0.2, 0.25) is 0 Å². The molecule has 112 valence electrons. The molecule has 0 N–H and O–H groups in total. The van der Waals surface area contributed by atoms with E-state index in [0.29, 0.717) is 6.42 Å². The summed E-state index contributed by atoms with van der Waals surface area (Å²) in [6, 6.07) is 20.2. The number of amides is 1. The molecular formula is C20H21NO. The van der Waals surface area contributed by atoms with Gasteiger partial charge in [-0.3, -0.25) is 4.79 Å². The van der Waals surface area contributed by atoms with Crippen LogP contribution in [0.15, 0.2) is 72.8 Å². The number of hydrogen-bond donors (Lipinski definition) is 0. The SMILES string of the molecule is C=C(C)C1(C)CC(=O)N(c2ccccc2)C1c1ccccc1. The van der Waals surface area contributed by atoms with Crippen LogP contribution >= 0.6 is 0 Å². The molecule has 0 radical (unpaired) electrons. The Morgan fingerprint density at radius 1 is 1.09 bits per heavy atom. The average molecular weight is 291 g/mol. The van der Waals surface area contributed by atoms with Gasteiger partial charge < -0.3 is 4.90 Å². The van der Waals surface area contributed by atoms with E-state index in [0.717, 1.165) is 16.8 Å². The van der Waals surface area contributed by atoms with Crippen molar-refractivity contribution in [3.63, 3.8) is 0 Å². The molecule has 3 rings (SSSR count). The van der Waals surface area contributed by atoms with E-state index in [1.54, 1.807) is 0 Å². The van der Waals surface area contributed by atoms with Crippen LogP contribution in [0.25, 0.3) is 0 Å². The van der Waals surface area contributed by atoms with Crippen molar-refractivity contribution in [3.05, 3.63) is 78.4 Å². The van der Waals surface area contributed by atoms with Gasteiger partial charge in [0.25, 0.3) is 0 Å². The third kappa shape index (κ3) is 2.25. The Balaban J connectivity index is 2.16. The normalized spacial score (nSPS) is 24.5. The second-order valence-electron chi connectivity index (χ2n) is 6.29. The summed E-state index contributed by atoms with van der Waals surface area (Å²) in [5, 5.41) is 0. The summed E-state index contributed by atoms with van der Waals surface area (Å²) >= 11 is 0. The van der Waals surface area contributed by atoms with Crippen molar-refractivity contribution in [2.45, 2.75) is 26.3 Å². The number of nitrogens with zero attached hydrogens (tertiary/aromatic N) is 1. The summed E-state index contributed by atoms with van der Waals surface area (Å²) in [4.78, 5) is 14.7. The highest BCUT2D eigenvalue weighted by Gasteiger charge is 2.50. The molecule has 2 heteroatoms. The number of anilines is 1. The minimum absolute atomic E-state index is 0.0129. The first-order valence-corrected chi connectivity index (χ1v) is 7.62. The molecule has 0 aromatic heterocycles. The van der Waals surface area contributed by atoms with Crippen molar-refractivity contribution in [2.75, 3.05) is 4.90 Å². The summed E-state index contributed by atoms with van der Waals surface area (Å²) in [5.41, 5.74) is 2.90. The van der Waals surface area contributed by atoms with Gasteiger partial charge in [0.1, 0.15) is 0 Å². The van der Waals surface area contributed by atoms with Gasteiger partial charge in [-0.05, 0) is 24.6 Å². The largest absolute Gasteiger partial charge is 0.304 e. The molecule has 1 aliphatic rings. The zero-order valence-electron chi connectivity index (χ0n) is 13.1. The zero-order chi connectivity index (χ0) is 15.7. The quantitative estimate of drug-likeness (QED) is 0.747. The molecule has 2 aromatic rings. The average Bonchev–Trinajstić information content (AvgIpc) is 2.81. The maximum atomic E-state index is 12.8. The molecule has 2 atom stereocenters. The lowest BCUT2D eigenvalue weighted by Gasteiger charge is -2.36. The van der Waals surface area contributed by atoms with Gasteiger partial charge in [-0.15, -0.1) is 0 Å². The molecule has 1 amide bonds. The second-order valence-corrected chi connectivity index (χ2v) is 6.29. The highest BCUT2D eigenvalue weighted by molar-refractivity contribution is 5.98. The maximum absolute atomic E-state index is 12.8. The van der Waals surface area contributed by atoms with Crippen molar-refractivity contribution < 1.29 is 4.79 Å². The lowest BCUT2D eigenvalue weighted by atomic mass is 9.74. The predicted molar refractivity (Wildman–Crippen MR) is 90.6 cm³/mol. The first-order chi connectivity index (χ1) is 10.5. The van der Waals surface area contributed by atoms with Crippen LogP contribution in [0, 0.1) is 5.41 Å². The number of rotatable bonds is 3. The minimum Gasteiger partial charge on any atom is -0.304 e. The Labute approximate surface area is 132 Å². The Kier molecular flexibility index (Phi) is 3.61. The molecule has 0 aliphatic carbocycles. The van der Waals surface area contributed by atoms with E-state index in [2.05, 4.69) is 25.6 Å². The number of benzene rings is 2. The summed E-state index contributed by atoms with van der Waals surface area (Å²) in [6.07, 6.45) is 0.497. The number of carbonyl (C=O) groups excluding carboxylic acids is 1. The first kappa shape index (κ1) is 14.6. The van der Waals surface area contributed by atoms with Gasteiger partial charge in [0.05, 0.1) is 6.04 Å². The highest BCUT2D eigenvalue weighted by Crippen LogP contribution is 2.52. The molecular weight excluding hydrogens is 270 g/mol. The highest BCUT2D eigenvalue weighted by atomic mass is 16.2. The Bertz CT molecular complexity index is 692. The fourth-order valence-corrected chi connectivity index (χ4v) is 3.34. The van der Waals surface area contributed by atoms with E-state index in [1.807, 2.05) is 60.4 Å². The van der Waals surface area contributed by atoms with Crippen molar-refractivity contribution in [3.8, 4) is 0 Å². The van der Waals surface area contributed by atoms with E-state index < -0.39 is 0 Å². The van der Waals surface area contributed by atoms with Gasteiger partial charge in [-0.25, -0.2) is 0 Å². The molecule has 22 heavy (non-hydrogen) atoms. The molecule has 1 fully saturated rings. The standard InChI is InChI=1S/C20H21NO/c1-15(2)20(3)14-18(22)21(17-12-8-5-9-13-17)19(20)16-10-6-4-7-11-16/h4-13,19H,1,14H2,2-3H3. The van der Waals surface area contributed by atoms with Crippen molar-refractivity contribution in [1.29, 1.82) is 0 Å². The third-order valence-corrected chi connectivity index (χ3v) is 4.77. The van der Waals surface area contributed by atoms with Gasteiger partial charge in [0, 0.05) is 17.5 Å². The van der Waals surface area contributed by atoms with Gasteiger partial charge >= 0.3 is 0 Å². The van der Waals surface area contributed by atoms with E-state index in [9.17, 15) is 4.79 Å². The molecule has 2 unspecified atom stereocenters. The third-order valence-electron chi connectivity index (χ3n) is 4.77. The van der Waals surface area contributed by atoms with Crippen molar-refractivity contribution >= 4 is 11.6 Å². The molecule has 1 heterocycles. The van der Waals surface area contributed by atoms with Gasteiger partial charge in [0.15, 0.2) is 0 Å². The Morgan fingerprint density at radius 2 is 1.64 bits per heavy atom. The lowest BCUT2D eigenvalue weighted by molar-refractivity contribution is -0.117. The molecule has 0 bridgehead atoms. The van der Waals surface area contributed by atoms with Gasteiger partial charge in [-0.1, -0.05) is 67.6 Å². The smallest absolute Gasteiger partial charge is 0.228 e. The minimum atomic E-state index is -0.256. The first-order valence-electron chi connectivity index (χ1n) is 7.62. The molecule has 2 nitrogen and oxygen atoms in total. The molecule has 0 saturated carbocycles. The maximum Gasteiger partial charge on any atom is 0.228 e. The van der Waals surface area contributed by atoms with Crippen molar-refractivity contribution in [1.82, 2.24) is 0 Å². The number of carbonyl (C=O) groups is 1. The van der Waals surface area contributed by atoms with E-state index in [1.165, 1.54) is 0 Å². The molecule has 1 saturated heterocycles. The van der Waals surface area contributed by atoms with E-state index in [4.69, 9.17) is 0 Å². The van der Waals surface area contributed by atoms with Crippen LogP contribution in [0.1, 0.15) is 31.9 Å². The Hall–Kier alpha value is -2.35. The van der Waals surface area contributed by atoms with Gasteiger partial charge in [-0.2, -0.15) is 0 Å². The lowest BCUT2D eigenvalue weighted by Crippen LogP contribution is -2.32. The Morgan fingerprint density at radius 3 is 2.18 bits per heavy atom. The number of hydrogen-bond acceptors (Lipinski definition) is 1. The summed E-state index contributed by atoms with van der Waals surface area (Å²) < 4.78 is 0. The molecule has 1 aliphatic heterocycles. The van der Waals surface area contributed by atoms with Crippen LogP contribution in [0.5, 0.6) is 0 Å². The number of para-hydroxylation sites is 1. The van der Waals surface area contributed by atoms with Crippen LogP contribution in [-0.2, 0) is 4.79 Å². The van der Waals surface area contributed by atoms with Crippen LogP contribution in [-0.4, -0.2) is 5.91 Å². The van der Waals surface area contributed by atoms with E-state index >= 15 is 0 Å². The summed E-state index contributed by atoms with van der Waals surface area (Å²) in [6.45, 7) is 8.34. The monoisotopic (exact) mass is 291 g/mol. The predicted octanol–water partition coefficient (Wildman–Crippen LogP) is 4.75. The second kappa shape index (κ2) is 5.45. The summed E-state index contributed by atoms with van der Waals surface area (Å²) in [7, 11) is 0.